The van der Waals surface area contributed by atoms with E-state index in [4.69, 9.17) is 0 Å². The van der Waals surface area contributed by atoms with E-state index < -0.39 is 0 Å². The quantitative estimate of drug-likeness (QED) is 0.708. The summed E-state index contributed by atoms with van der Waals surface area (Å²) in [4.78, 5) is 31.6. The molecule has 0 unspecified atom stereocenters. The molecular weight excluding hydrogens is 375 g/mol. The second-order valence-corrected chi connectivity index (χ2v) is 7.19. The van der Waals surface area contributed by atoms with Crippen LogP contribution in [0.4, 0.5) is 10.2 Å². The minimum absolute atomic E-state index is 0.193. The van der Waals surface area contributed by atoms with E-state index in [0.29, 0.717) is 11.5 Å². The van der Waals surface area contributed by atoms with Gasteiger partial charge in [-0.05, 0) is 30.5 Å². The average Bonchev–Trinajstić information content (AvgIpc) is 2.90. The van der Waals surface area contributed by atoms with E-state index in [0.717, 1.165) is 36.2 Å². The second kappa shape index (κ2) is 8.42. The van der Waals surface area contributed by atoms with Crippen molar-refractivity contribution in [3.05, 3.63) is 58.5 Å². The summed E-state index contributed by atoms with van der Waals surface area (Å²) < 4.78 is 15.5. The summed E-state index contributed by atoms with van der Waals surface area (Å²) in [7, 11) is 0. The van der Waals surface area contributed by atoms with E-state index in [2.05, 4.69) is 20.3 Å². The molecule has 29 heavy (non-hydrogen) atoms. The van der Waals surface area contributed by atoms with Gasteiger partial charge in [0.1, 0.15) is 12.4 Å². The fraction of sp³-hybridized carbons (Fsp3) is 0.400. The molecule has 1 amide bonds. The van der Waals surface area contributed by atoms with Crippen LogP contribution in [0, 0.1) is 5.82 Å². The highest BCUT2D eigenvalue weighted by molar-refractivity contribution is 5.75. The third-order valence-corrected chi connectivity index (χ3v) is 5.08. The van der Waals surface area contributed by atoms with Gasteiger partial charge in [-0.1, -0.05) is 25.0 Å². The largest absolute Gasteiger partial charge is 0.353 e. The molecule has 1 saturated heterocycles. The van der Waals surface area contributed by atoms with Crippen LogP contribution < -0.4 is 15.9 Å². The lowest BCUT2D eigenvalue weighted by Crippen LogP contribution is -2.32. The van der Waals surface area contributed by atoms with Crippen LogP contribution in [0.5, 0.6) is 0 Å². The third-order valence-electron chi connectivity index (χ3n) is 5.08. The SMILES string of the molecule is O=C(Cn1nc2c(N3CCCCCC3)nccn2c1=O)NCc1ccc(F)cc1. The van der Waals surface area contributed by atoms with Crippen LogP contribution in [-0.4, -0.2) is 38.2 Å². The first-order valence-corrected chi connectivity index (χ1v) is 9.82. The molecule has 0 aliphatic carbocycles. The van der Waals surface area contributed by atoms with Crippen LogP contribution in [0.15, 0.2) is 41.5 Å². The molecule has 3 aromatic rings. The van der Waals surface area contributed by atoms with E-state index in [1.165, 1.54) is 29.4 Å². The molecule has 0 radical (unpaired) electrons. The zero-order chi connectivity index (χ0) is 20.2. The minimum Gasteiger partial charge on any atom is -0.353 e. The maximum absolute atomic E-state index is 13.0. The molecule has 1 aromatic carbocycles. The molecule has 2 aromatic heterocycles. The smallest absolute Gasteiger partial charge is 0.350 e. The fourth-order valence-corrected chi connectivity index (χ4v) is 3.54. The van der Waals surface area contributed by atoms with Crippen LogP contribution in [0.25, 0.3) is 5.65 Å². The number of nitrogens with zero attached hydrogens (tertiary/aromatic N) is 5. The van der Waals surface area contributed by atoms with Gasteiger partial charge in [0.05, 0.1) is 0 Å². The Morgan fingerprint density at radius 3 is 2.55 bits per heavy atom. The van der Waals surface area contributed by atoms with Crippen LogP contribution >= 0.6 is 0 Å². The molecule has 9 heteroatoms. The molecule has 8 nitrogen and oxygen atoms in total. The fourth-order valence-electron chi connectivity index (χ4n) is 3.54. The van der Waals surface area contributed by atoms with Gasteiger partial charge >= 0.3 is 5.69 Å². The zero-order valence-electron chi connectivity index (χ0n) is 16.1. The van der Waals surface area contributed by atoms with Gasteiger partial charge in [-0.15, -0.1) is 5.10 Å². The van der Waals surface area contributed by atoms with E-state index in [1.54, 1.807) is 24.5 Å². The topological polar surface area (TPSA) is 84.5 Å². The van der Waals surface area contributed by atoms with Crippen LogP contribution in [0.3, 0.4) is 0 Å². The molecule has 0 atom stereocenters. The molecule has 1 aliphatic heterocycles. The molecule has 152 valence electrons. The Kier molecular flexibility index (Phi) is 5.55. The van der Waals surface area contributed by atoms with Crippen molar-refractivity contribution in [3.8, 4) is 0 Å². The van der Waals surface area contributed by atoms with E-state index >= 15 is 0 Å². The number of fused-ring (bicyclic) bond motifs is 1. The Hall–Kier alpha value is -3.23. The van der Waals surface area contributed by atoms with Gasteiger partial charge in [0.25, 0.3) is 0 Å². The molecular formula is C20H23FN6O2. The highest BCUT2D eigenvalue weighted by Gasteiger charge is 2.19. The van der Waals surface area contributed by atoms with Gasteiger partial charge < -0.3 is 10.2 Å². The van der Waals surface area contributed by atoms with Crippen LogP contribution in [0.1, 0.15) is 31.2 Å². The first kappa shape index (κ1) is 19.1. The summed E-state index contributed by atoms with van der Waals surface area (Å²) in [6.45, 7) is 1.82. The monoisotopic (exact) mass is 398 g/mol. The lowest BCUT2D eigenvalue weighted by molar-refractivity contribution is -0.122. The summed E-state index contributed by atoms with van der Waals surface area (Å²) in [6.07, 6.45) is 7.71. The number of benzene rings is 1. The van der Waals surface area contributed by atoms with Gasteiger partial charge in [0.2, 0.25) is 11.6 Å². The van der Waals surface area contributed by atoms with Crippen molar-refractivity contribution in [3.63, 3.8) is 0 Å². The van der Waals surface area contributed by atoms with Crippen molar-refractivity contribution in [1.29, 1.82) is 0 Å². The van der Waals surface area contributed by atoms with Gasteiger partial charge in [-0.25, -0.2) is 23.3 Å². The van der Waals surface area contributed by atoms with Gasteiger partial charge in [-0.3, -0.25) is 4.79 Å². The number of rotatable bonds is 5. The van der Waals surface area contributed by atoms with E-state index in [-0.39, 0.29) is 30.5 Å². The third kappa shape index (κ3) is 4.28. The number of carbonyl (C=O) groups excluding carboxylic acids is 1. The Balaban J connectivity index is 1.51. The summed E-state index contributed by atoms with van der Waals surface area (Å²) in [5.41, 5.74) is 0.857. The first-order chi connectivity index (χ1) is 14.1. The number of halogens is 1. The molecule has 0 saturated carbocycles. The molecule has 0 spiro atoms. The summed E-state index contributed by atoms with van der Waals surface area (Å²) in [5, 5.41) is 7.11. The number of amides is 1. The number of nitrogens with one attached hydrogen (secondary N) is 1. The van der Waals surface area contributed by atoms with Crippen LogP contribution in [0.2, 0.25) is 0 Å². The number of anilines is 1. The zero-order valence-corrected chi connectivity index (χ0v) is 16.1. The Labute approximate surface area is 167 Å². The Bertz CT molecular complexity index is 1050. The Morgan fingerprint density at radius 1 is 1.10 bits per heavy atom. The lowest BCUT2D eigenvalue weighted by atomic mass is 10.2. The molecule has 1 N–H and O–H groups in total. The molecule has 1 fully saturated rings. The molecule has 4 rings (SSSR count). The highest BCUT2D eigenvalue weighted by atomic mass is 19.1. The molecule has 0 bridgehead atoms. The van der Waals surface area contributed by atoms with Crippen molar-refractivity contribution in [2.45, 2.75) is 38.8 Å². The summed E-state index contributed by atoms with van der Waals surface area (Å²) in [5.74, 6) is 0.00577. The van der Waals surface area contributed by atoms with E-state index in [9.17, 15) is 14.0 Å². The summed E-state index contributed by atoms with van der Waals surface area (Å²) in [6, 6.07) is 5.88. The van der Waals surface area contributed by atoms with Crippen molar-refractivity contribution >= 4 is 17.4 Å². The predicted molar refractivity (Wildman–Crippen MR) is 106 cm³/mol. The van der Waals surface area contributed by atoms with Crippen molar-refractivity contribution in [2.24, 2.45) is 0 Å². The van der Waals surface area contributed by atoms with Gasteiger partial charge in [0, 0.05) is 32.0 Å². The lowest BCUT2D eigenvalue weighted by Gasteiger charge is -2.20. The predicted octanol–water partition coefficient (Wildman–Crippen LogP) is 1.73. The molecule has 3 heterocycles. The van der Waals surface area contributed by atoms with Crippen LogP contribution in [-0.2, 0) is 17.9 Å². The van der Waals surface area contributed by atoms with Crippen molar-refractivity contribution in [1.82, 2.24) is 24.5 Å². The van der Waals surface area contributed by atoms with Crippen molar-refractivity contribution < 1.29 is 9.18 Å². The second-order valence-electron chi connectivity index (χ2n) is 7.19. The highest BCUT2D eigenvalue weighted by Crippen LogP contribution is 2.20. The molecule has 1 aliphatic rings. The number of carbonyl (C=O) groups is 1. The normalized spacial score (nSPS) is 14.7. The maximum atomic E-state index is 13.0. The first-order valence-electron chi connectivity index (χ1n) is 9.82. The Morgan fingerprint density at radius 2 is 1.83 bits per heavy atom. The summed E-state index contributed by atoms with van der Waals surface area (Å²) >= 11 is 0. The van der Waals surface area contributed by atoms with Gasteiger partial charge in [0.15, 0.2) is 5.82 Å². The van der Waals surface area contributed by atoms with E-state index in [1.807, 2.05) is 0 Å². The number of aromatic nitrogens is 4. The van der Waals surface area contributed by atoms with Gasteiger partial charge in [-0.2, -0.15) is 0 Å². The standard InChI is InChI=1S/C20H23FN6O2/c21-16-7-5-15(6-8-16)13-23-17(28)14-27-20(29)26-12-9-22-18(19(26)24-27)25-10-3-1-2-4-11-25/h5-9,12H,1-4,10-11,13-14H2,(H,23,28). The minimum atomic E-state index is -0.379. The van der Waals surface area contributed by atoms with Crippen molar-refractivity contribution in [2.75, 3.05) is 18.0 Å². The average molecular weight is 398 g/mol. The number of hydrogen-bond donors (Lipinski definition) is 1. The number of hydrogen-bond acceptors (Lipinski definition) is 5. The maximum Gasteiger partial charge on any atom is 0.350 e.